The summed E-state index contributed by atoms with van der Waals surface area (Å²) in [7, 11) is 0. The molecule has 1 unspecified atom stereocenters. The number of hydrogen-bond donors (Lipinski definition) is 3. The third-order valence-corrected chi connectivity index (χ3v) is 9.02. The molecule has 9 heteroatoms. The van der Waals surface area contributed by atoms with Crippen LogP contribution in [0.4, 0.5) is 16.4 Å². The molecule has 0 saturated heterocycles. The second-order valence-corrected chi connectivity index (χ2v) is 11.8. The van der Waals surface area contributed by atoms with Gasteiger partial charge in [0.05, 0.1) is 12.6 Å². The van der Waals surface area contributed by atoms with Crippen molar-refractivity contribution in [1.29, 1.82) is 0 Å². The first-order valence-corrected chi connectivity index (χ1v) is 15.6. The van der Waals surface area contributed by atoms with Crippen LogP contribution in [-0.4, -0.2) is 32.6 Å². The van der Waals surface area contributed by atoms with Crippen molar-refractivity contribution in [2.75, 3.05) is 10.2 Å². The standard InChI is InChI=1S/C36H35N7O2/c44-34(38-35-39-41-42-40-35)27-16-14-24(15-17-27)23-43(29-20-18-26(19-21-29)25-8-2-1-3-9-25)36(45)37-33-22-28-10-4-5-11-30(28)31-12-6-7-13-32(31)33/h4-7,10-21,25,33H,1-3,8-9,22-23H2,(H,37,45)(H2,38,39,40,41,42,44). The maximum Gasteiger partial charge on any atom is 0.322 e. The van der Waals surface area contributed by atoms with Crippen molar-refractivity contribution in [1.82, 2.24) is 25.9 Å². The Balaban J connectivity index is 1.14. The van der Waals surface area contributed by atoms with Crippen LogP contribution in [-0.2, 0) is 13.0 Å². The molecule has 1 fully saturated rings. The number of anilines is 2. The normalized spacial score (nSPS) is 15.9. The fourth-order valence-electron chi connectivity index (χ4n) is 6.67. The second kappa shape index (κ2) is 12.7. The van der Waals surface area contributed by atoms with Crippen molar-refractivity contribution in [3.63, 3.8) is 0 Å². The highest BCUT2D eigenvalue weighted by molar-refractivity contribution is 6.03. The third kappa shape index (κ3) is 6.20. The predicted octanol–water partition coefficient (Wildman–Crippen LogP) is 7.18. The lowest BCUT2D eigenvalue weighted by Crippen LogP contribution is -2.42. The van der Waals surface area contributed by atoms with E-state index < -0.39 is 0 Å². The van der Waals surface area contributed by atoms with Crippen molar-refractivity contribution >= 4 is 23.6 Å². The number of amides is 3. The Morgan fingerprint density at radius 1 is 0.822 bits per heavy atom. The Labute approximate surface area is 262 Å². The van der Waals surface area contributed by atoms with E-state index in [1.54, 1.807) is 17.0 Å². The Bertz CT molecular complexity index is 1780. The molecular formula is C36H35N7O2. The van der Waals surface area contributed by atoms with Crippen LogP contribution in [0.25, 0.3) is 11.1 Å². The molecule has 1 atom stereocenters. The van der Waals surface area contributed by atoms with Crippen molar-refractivity contribution in [3.05, 3.63) is 125 Å². The maximum atomic E-state index is 14.2. The van der Waals surface area contributed by atoms with Gasteiger partial charge in [-0.25, -0.2) is 4.79 Å². The first-order chi connectivity index (χ1) is 22.1. The lowest BCUT2D eigenvalue weighted by Gasteiger charge is -2.31. The maximum absolute atomic E-state index is 14.2. The quantitative estimate of drug-likeness (QED) is 0.184. The summed E-state index contributed by atoms with van der Waals surface area (Å²) < 4.78 is 0. The Morgan fingerprint density at radius 3 is 2.31 bits per heavy atom. The second-order valence-electron chi connectivity index (χ2n) is 11.8. The number of H-pyrrole nitrogens is 1. The van der Waals surface area contributed by atoms with Gasteiger partial charge in [0.2, 0.25) is 0 Å². The van der Waals surface area contributed by atoms with Gasteiger partial charge < -0.3 is 5.32 Å². The lowest BCUT2D eigenvalue weighted by atomic mass is 9.82. The van der Waals surface area contributed by atoms with Crippen molar-refractivity contribution < 1.29 is 9.59 Å². The zero-order chi connectivity index (χ0) is 30.6. The van der Waals surface area contributed by atoms with E-state index >= 15 is 0 Å². The highest BCUT2D eigenvalue weighted by atomic mass is 16.2. The molecule has 0 bridgehead atoms. The SMILES string of the molecule is O=C(Nc1nn[nH]n1)c1ccc(CN(C(=O)NC2Cc3ccccc3-c3ccccc32)c2ccc(C3CCCCC3)cc2)cc1. The van der Waals surface area contributed by atoms with E-state index in [2.05, 4.69) is 91.9 Å². The largest absolute Gasteiger partial charge is 0.331 e. The number of aromatic amines is 1. The molecule has 0 radical (unpaired) electrons. The van der Waals surface area contributed by atoms with Crippen LogP contribution in [0.5, 0.6) is 0 Å². The monoisotopic (exact) mass is 597 g/mol. The van der Waals surface area contributed by atoms with Crippen molar-refractivity contribution in [2.24, 2.45) is 0 Å². The Kier molecular flexibility index (Phi) is 8.06. The van der Waals surface area contributed by atoms with Crippen LogP contribution in [0.15, 0.2) is 97.1 Å². The lowest BCUT2D eigenvalue weighted by molar-refractivity contribution is 0.102. The zero-order valence-corrected chi connectivity index (χ0v) is 24.9. The minimum absolute atomic E-state index is 0.107. The first kappa shape index (κ1) is 28.5. The fourth-order valence-corrected chi connectivity index (χ4v) is 6.67. The van der Waals surface area contributed by atoms with Gasteiger partial charge in [-0.3, -0.25) is 15.0 Å². The average Bonchev–Trinajstić information content (AvgIpc) is 3.61. The molecule has 1 saturated carbocycles. The number of benzene rings is 4. The Hall–Kier alpha value is -5.31. The minimum Gasteiger partial charge on any atom is -0.331 e. The molecule has 45 heavy (non-hydrogen) atoms. The van der Waals surface area contributed by atoms with Gasteiger partial charge in [-0.2, -0.15) is 5.21 Å². The van der Waals surface area contributed by atoms with Crippen LogP contribution in [0.1, 0.15) is 76.7 Å². The summed E-state index contributed by atoms with van der Waals surface area (Å²) in [6, 6.07) is 32.1. The third-order valence-electron chi connectivity index (χ3n) is 9.02. The first-order valence-electron chi connectivity index (χ1n) is 15.6. The smallest absolute Gasteiger partial charge is 0.322 e. The number of rotatable bonds is 7. The number of urea groups is 1. The summed E-state index contributed by atoms with van der Waals surface area (Å²) in [5.41, 5.74) is 8.23. The van der Waals surface area contributed by atoms with Crippen LogP contribution < -0.4 is 15.5 Å². The molecular weight excluding hydrogens is 562 g/mol. The van der Waals surface area contributed by atoms with Crippen LogP contribution in [0.3, 0.4) is 0 Å². The molecule has 9 nitrogen and oxygen atoms in total. The van der Waals surface area contributed by atoms with E-state index in [0.717, 1.165) is 28.8 Å². The number of tetrazole rings is 1. The molecule has 3 N–H and O–H groups in total. The van der Waals surface area contributed by atoms with Crippen LogP contribution in [0, 0.1) is 0 Å². The summed E-state index contributed by atoms with van der Waals surface area (Å²) in [4.78, 5) is 28.6. The van der Waals surface area contributed by atoms with E-state index in [1.807, 2.05) is 24.3 Å². The average molecular weight is 598 g/mol. The summed E-state index contributed by atoms with van der Waals surface area (Å²) in [5, 5.41) is 19.3. The number of fused-ring (bicyclic) bond motifs is 3. The number of hydrogen-bond acceptors (Lipinski definition) is 5. The molecule has 1 heterocycles. The molecule has 0 aliphatic heterocycles. The van der Waals surface area contributed by atoms with Gasteiger partial charge in [0.25, 0.3) is 11.9 Å². The van der Waals surface area contributed by atoms with E-state index in [9.17, 15) is 9.59 Å². The number of nitrogens with zero attached hydrogens (tertiary/aromatic N) is 4. The minimum atomic E-state index is -0.341. The van der Waals surface area contributed by atoms with Crippen LogP contribution in [0.2, 0.25) is 0 Å². The summed E-state index contributed by atoms with van der Waals surface area (Å²) in [6.45, 7) is 0.340. The highest BCUT2D eigenvalue weighted by Gasteiger charge is 2.28. The summed E-state index contributed by atoms with van der Waals surface area (Å²) in [5.74, 6) is 0.350. The van der Waals surface area contributed by atoms with Gasteiger partial charge in [-0.1, -0.05) is 97.2 Å². The van der Waals surface area contributed by atoms with Crippen molar-refractivity contribution in [2.45, 2.75) is 57.0 Å². The molecule has 0 spiro atoms. The van der Waals surface area contributed by atoms with E-state index in [-0.39, 0.29) is 23.9 Å². The number of carbonyl (C=O) groups excluding carboxylic acids is 2. The molecule has 2 aliphatic rings. The van der Waals surface area contributed by atoms with Gasteiger partial charge in [0.1, 0.15) is 0 Å². The van der Waals surface area contributed by atoms with E-state index in [4.69, 9.17) is 0 Å². The summed E-state index contributed by atoms with van der Waals surface area (Å²) in [6.07, 6.45) is 7.02. The fraction of sp³-hybridized carbons (Fsp3) is 0.250. The molecule has 1 aromatic heterocycles. The Morgan fingerprint density at radius 2 is 1.56 bits per heavy atom. The van der Waals surface area contributed by atoms with Gasteiger partial charge in [0, 0.05) is 11.3 Å². The van der Waals surface area contributed by atoms with Crippen molar-refractivity contribution in [3.8, 4) is 11.1 Å². The number of carbonyl (C=O) groups is 2. The van der Waals surface area contributed by atoms with Gasteiger partial charge in [-0.05, 0) is 88.0 Å². The topological polar surface area (TPSA) is 116 Å². The van der Waals surface area contributed by atoms with Crippen LogP contribution >= 0.6 is 0 Å². The molecule has 5 aromatic rings. The number of aromatic nitrogens is 4. The predicted molar refractivity (Wildman–Crippen MR) is 174 cm³/mol. The van der Waals surface area contributed by atoms with Gasteiger partial charge >= 0.3 is 6.03 Å². The van der Waals surface area contributed by atoms with E-state index in [1.165, 1.54) is 48.8 Å². The molecule has 3 amide bonds. The molecule has 226 valence electrons. The summed E-state index contributed by atoms with van der Waals surface area (Å²) >= 11 is 0. The zero-order valence-electron chi connectivity index (χ0n) is 24.9. The molecule has 7 rings (SSSR count). The van der Waals surface area contributed by atoms with E-state index in [0.29, 0.717) is 18.0 Å². The molecule has 4 aromatic carbocycles. The number of nitrogens with one attached hydrogen (secondary N) is 3. The molecule has 2 aliphatic carbocycles. The van der Waals surface area contributed by atoms with Gasteiger partial charge in [-0.15, -0.1) is 5.10 Å². The van der Waals surface area contributed by atoms with Gasteiger partial charge in [0.15, 0.2) is 0 Å². The highest BCUT2D eigenvalue weighted by Crippen LogP contribution is 2.39.